The van der Waals surface area contributed by atoms with Gasteiger partial charge in [-0.15, -0.1) is 11.8 Å². The summed E-state index contributed by atoms with van der Waals surface area (Å²) in [5.41, 5.74) is 4.18. The van der Waals surface area contributed by atoms with Crippen LogP contribution in [0.3, 0.4) is 0 Å². The molecule has 4 rings (SSSR count). The Bertz CT molecular complexity index is 1280. The SMILES string of the molecule is CCOc1ccc(CCNC(=O)[C@H](C)[C@H]2Sc3ccccc3N(Cc3ccccc3C)C2=O)cc1OCC. The Labute approximate surface area is 229 Å². The molecule has 3 aromatic rings. The average molecular weight is 533 g/mol. The Balaban J connectivity index is 1.43. The number of hydrogen-bond donors (Lipinski definition) is 1. The highest BCUT2D eigenvalue weighted by atomic mass is 32.2. The molecule has 0 spiro atoms. The molecule has 0 saturated carbocycles. The van der Waals surface area contributed by atoms with E-state index in [2.05, 4.69) is 24.4 Å². The van der Waals surface area contributed by atoms with Gasteiger partial charge in [0.2, 0.25) is 11.8 Å². The van der Waals surface area contributed by atoms with Crippen LogP contribution in [0.4, 0.5) is 5.69 Å². The molecule has 6 nitrogen and oxygen atoms in total. The van der Waals surface area contributed by atoms with Gasteiger partial charge in [0, 0.05) is 11.4 Å². The number of carbonyl (C=O) groups is 2. The first kappa shape index (κ1) is 27.6. The molecule has 3 aromatic carbocycles. The third-order valence-electron chi connectivity index (χ3n) is 6.70. The van der Waals surface area contributed by atoms with Crippen molar-refractivity contribution >= 4 is 29.3 Å². The van der Waals surface area contributed by atoms with Gasteiger partial charge in [-0.2, -0.15) is 0 Å². The summed E-state index contributed by atoms with van der Waals surface area (Å²) in [6, 6.07) is 21.9. The number of nitrogens with zero attached hydrogens (tertiary/aromatic N) is 1. The standard InChI is InChI=1S/C31H36N2O4S/c1-5-36-26-16-15-23(19-27(26)37-6-2)17-18-32-30(34)22(4)29-31(35)33(20-24-12-8-7-11-21(24)3)25-13-9-10-14-28(25)38-29/h7-16,19,22,29H,5-6,17-18,20H2,1-4H3,(H,32,34)/t22-,29-/m1/s1. The second kappa shape index (κ2) is 12.9. The van der Waals surface area contributed by atoms with Crippen molar-refractivity contribution in [2.45, 2.75) is 50.8 Å². The van der Waals surface area contributed by atoms with Gasteiger partial charge in [0.15, 0.2) is 11.5 Å². The van der Waals surface area contributed by atoms with Crippen molar-refractivity contribution in [3.63, 3.8) is 0 Å². The molecule has 2 atom stereocenters. The Morgan fingerprint density at radius 1 is 1.00 bits per heavy atom. The topological polar surface area (TPSA) is 67.9 Å². The number of benzene rings is 3. The summed E-state index contributed by atoms with van der Waals surface area (Å²) in [6.45, 7) is 9.85. The molecular formula is C31H36N2O4S. The summed E-state index contributed by atoms with van der Waals surface area (Å²) in [4.78, 5) is 29.8. The Kier molecular flexibility index (Phi) is 9.34. The lowest BCUT2D eigenvalue weighted by molar-refractivity contribution is -0.128. The van der Waals surface area contributed by atoms with Crippen LogP contribution in [0.2, 0.25) is 0 Å². The molecule has 0 radical (unpaired) electrons. The van der Waals surface area contributed by atoms with Gasteiger partial charge in [0.1, 0.15) is 5.25 Å². The van der Waals surface area contributed by atoms with Crippen LogP contribution in [-0.4, -0.2) is 36.8 Å². The smallest absolute Gasteiger partial charge is 0.241 e. The molecule has 0 saturated heterocycles. The molecule has 0 unspecified atom stereocenters. The molecule has 200 valence electrons. The number of anilines is 1. The maximum atomic E-state index is 13.7. The zero-order valence-electron chi connectivity index (χ0n) is 22.5. The van der Waals surface area contributed by atoms with Gasteiger partial charge in [0.05, 0.1) is 31.4 Å². The summed E-state index contributed by atoms with van der Waals surface area (Å²) >= 11 is 1.48. The van der Waals surface area contributed by atoms with E-state index in [1.807, 2.05) is 80.3 Å². The molecule has 1 aliphatic rings. The van der Waals surface area contributed by atoms with Crippen LogP contribution >= 0.6 is 11.8 Å². The summed E-state index contributed by atoms with van der Waals surface area (Å²) in [6.07, 6.45) is 0.652. The molecule has 1 aliphatic heterocycles. The van der Waals surface area contributed by atoms with E-state index in [1.165, 1.54) is 11.8 Å². The van der Waals surface area contributed by atoms with Crippen molar-refractivity contribution < 1.29 is 19.1 Å². The van der Waals surface area contributed by atoms with E-state index in [1.54, 1.807) is 0 Å². The van der Waals surface area contributed by atoms with Crippen LogP contribution in [0.5, 0.6) is 11.5 Å². The molecule has 38 heavy (non-hydrogen) atoms. The van der Waals surface area contributed by atoms with E-state index in [0.29, 0.717) is 38.5 Å². The van der Waals surface area contributed by atoms with Crippen molar-refractivity contribution in [1.29, 1.82) is 0 Å². The summed E-state index contributed by atoms with van der Waals surface area (Å²) < 4.78 is 11.4. The van der Waals surface area contributed by atoms with E-state index in [9.17, 15) is 9.59 Å². The monoisotopic (exact) mass is 532 g/mol. The number of ether oxygens (including phenoxy) is 2. The number of fused-ring (bicyclic) bond motifs is 1. The van der Waals surface area contributed by atoms with Crippen LogP contribution in [0, 0.1) is 12.8 Å². The number of para-hydroxylation sites is 1. The Morgan fingerprint density at radius 3 is 2.47 bits per heavy atom. The molecule has 0 aromatic heterocycles. The molecular weight excluding hydrogens is 496 g/mol. The van der Waals surface area contributed by atoms with Crippen LogP contribution < -0.4 is 19.7 Å². The number of thioether (sulfide) groups is 1. The lowest BCUT2D eigenvalue weighted by Crippen LogP contribution is -2.47. The normalized spacial score (nSPS) is 15.5. The van der Waals surface area contributed by atoms with Gasteiger partial charge in [0.25, 0.3) is 0 Å². The first-order valence-electron chi connectivity index (χ1n) is 13.2. The van der Waals surface area contributed by atoms with Crippen molar-refractivity contribution in [2.75, 3.05) is 24.7 Å². The maximum Gasteiger partial charge on any atom is 0.241 e. The fraction of sp³-hybridized carbons (Fsp3) is 0.355. The zero-order valence-corrected chi connectivity index (χ0v) is 23.3. The van der Waals surface area contributed by atoms with Gasteiger partial charge >= 0.3 is 0 Å². The third-order valence-corrected chi connectivity index (χ3v) is 8.16. The molecule has 0 bridgehead atoms. The van der Waals surface area contributed by atoms with Gasteiger partial charge < -0.3 is 19.7 Å². The van der Waals surface area contributed by atoms with E-state index in [0.717, 1.165) is 33.0 Å². The molecule has 1 N–H and O–H groups in total. The van der Waals surface area contributed by atoms with E-state index in [4.69, 9.17) is 9.47 Å². The molecule has 2 amide bonds. The zero-order chi connectivity index (χ0) is 27.1. The highest BCUT2D eigenvalue weighted by Crippen LogP contribution is 2.42. The van der Waals surface area contributed by atoms with Crippen molar-refractivity contribution in [3.8, 4) is 11.5 Å². The highest BCUT2D eigenvalue weighted by molar-refractivity contribution is 8.01. The number of aryl methyl sites for hydroxylation is 1. The molecule has 0 aliphatic carbocycles. The average Bonchev–Trinajstić information content (AvgIpc) is 2.92. The second-order valence-corrected chi connectivity index (χ2v) is 10.5. The van der Waals surface area contributed by atoms with Crippen LogP contribution in [0.25, 0.3) is 0 Å². The van der Waals surface area contributed by atoms with E-state index >= 15 is 0 Å². The Morgan fingerprint density at radius 2 is 1.71 bits per heavy atom. The van der Waals surface area contributed by atoms with Gasteiger partial charge in [-0.05, 0) is 68.1 Å². The number of nitrogens with one attached hydrogen (secondary N) is 1. The van der Waals surface area contributed by atoms with E-state index in [-0.39, 0.29) is 11.8 Å². The quantitative estimate of drug-likeness (QED) is 0.338. The second-order valence-electron chi connectivity index (χ2n) is 9.33. The minimum Gasteiger partial charge on any atom is -0.490 e. The summed E-state index contributed by atoms with van der Waals surface area (Å²) in [5, 5.41) is 2.55. The first-order valence-corrected chi connectivity index (χ1v) is 14.1. The predicted molar refractivity (Wildman–Crippen MR) is 153 cm³/mol. The van der Waals surface area contributed by atoms with Crippen LogP contribution in [-0.2, 0) is 22.6 Å². The molecule has 7 heteroatoms. The van der Waals surface area contributed by atoms with Crippen LogP contribution in [0.15, 0.2) is 71.6 Å². The predicted octanol–water partition coefficient (Wildman–Crippen LogP) is 5.79. The lowest BCUT2D eigenvalue weighted by Gasteiger charge is -2.36. The van der Waals surface area contributed by atoms with E-state index < -0.39 is 11.2 Å². The summed E-state index contributed by atoms with van der Waals surface area (Å²) in [5.74, 6) is 0.788. The highest BCUT2D eigenvalue weighted by Gasteiger charge is 2.39. The summed E-state index contributed by atoms with van der Waals surface area (Å²) in [7, 11) is 0. The number of rotatable bonds is 11. The maximum absolute atomic E-state index is 13.7. The number of amides is 2. The minimum atomic E-state index is -0.496. The number of carbonyl (C=O) groups excluding carboxylic acids is 2. The first-order chi connectivity index (χ1) is 18.4. The molecule has 1 heterocycles. The van der Waals surface area contributed by atoms with Crippen molar-refractivity contribution in [3.05, 3.63) is 83.4 Å². The van der Waals surface area contributed by atoms with Gasteiger partial charge in [-0.25, -0.2) is 0 Å². The lowest BCUT2D eigenvalue weighted by atomic mass is 10.0. The largest absolute Gasteiger partial charge is 0.490 e. The van der Waals surface area contributed by atoms with Crippen LogP contribution in [0.1, 0.15) is 37.5 Å². The third kappa shape index (κ3) is 6.33. The minimum absolute atomic E-state index is 0.0347. The fourth-order valence-electron chi connectivity index (χ4n) is 4.56. The van der Waals surface area contributed by atoms with Gasteiger partial charge in [-0.3, -0.25) is 9.59 Å². The van der Waals surface area contributed by atoms with Gasteiger partial charge in [-0.1, -0.05) is 49.4 Å². The Hall–Kier alpha value is -3.45. The van der Waals surface area contributed by atoms with Crippen molar-refractivity contribution in [1.82, 2.24) is 5.32 Å². The molecule has 0 fully saturated rings. The fourth-order valence-corrected chi connectivity index (χ4v) is 5.84. The van der Waals surface area contributed by atoms with Crippen molar-refractivity contribution in [2.24, 2.45) is 5.92 Å². The number of hydrogen-bond acceptors (Lipinski definition) is 5.